The van der Waals surface area contributed by atoms with Gasteiger partial charge < -0.3 is 19.5 Å². The molecule has 1 aliphatic rings. The third kappa shape index (κ3) is 3.51. The zero-order chi connectivity index (χ0) is 10.6. The molecule has 1 aliphatic heterocycles. The van der Waals surface area contributed by atoms with Gasteiger partial charge in [0.05, 0.1) is 6.61 Å². The van der Waals surface area contributed by atoms with Crippen LogP contribution in [0.2, 0.25) is 0 Å². The van der Waals surface area contributed by atoms with Gasteiger partial charge in [-0.3, -0.25) is 0 Å². The van der Waals surface area contributed by atoms with E-state index in [1.165, 1.54) is 0 Å². The van der Waals surface area contributed by atoms with E-state index in [1.807, 2.05) is 20.8 Å². The smallest absolute Gasteiger partial charge is 0.407 e. The Morgan fingerprint density at radius 2 is 2.36 bits per heavy atom. The van der Waals surface area contributed by atoms with Crippen LogP contribution < -0.4 is 5.32 Å². The van der Waals surface area contributed by atoms with Crippen molar-refractivity contribution in [1.82, 2.24) is 5.32 Å². The molecular weight excluding hydrogens is 186 g/mol. The molecule has 0 aromatic heterocycles. The molecule has 0 saturated carbocycles. The highest BCUT2D eigenvalue weighted by Gasteiger charge is 2.33. The van der Waals surface area contributed by atoms with Crippen LogP contribution in [-0.4, -0.2) is 37.7 Å². The number of ether oxygens (including phenoxy) is 3. The number of hydrogen-bond acceptors (Lipinski definition) is 4. The van der Waals surface area contributed by atoms with Crippen molar-refractivity contribution < 1.29 is 19.0 Å². The summed E-state index contributed by atoms with van der Waals surface area (Å²) in [6.07, 6.45) is -0.576. The lowest BCUT2D eigenvalue weighted by molar-refractivity contribution is -0.142. The van der Waals surface area contributed by atoms with E-state index in [0.717, 1.165) is 0 Å². The molecule has 0 aliphatic carbocycles. The Bertz CT molecular complexity index is 205. The van der Waals surface area contributed by atoms with Gasteiger partial charge in [0.1, 0.15) is 12.7 Å². The molecule has 1 N–H and O–H groups in total. The average Bonchev–Trinajstić information content (AvgIpc) is 2.43. The molecule has 0 bridgehead atoms. The second kappa shape index (κ2) is 4.61. The van der Waals surface area contributed by atoms with Crippen LogP contribution in [0.1, 0.15) is 20.8 Å². The molecule has 82 valence electrons. The van der Waals surface area contributed by atoms with Crippen LogP contribution in [-0.2, 0) is 14.2 Å². The summed E-state index contributed by atoms with van der Waals surface area (Å²) >= 11 is 0. The molecule has 0 aromatic rings. The zero-order valence-corrected chi connectivity index (χ0v) is 8.83. The van der Waals surface area contributed by atoms with E-state index in [1.54, 1.807) is 0 Å². The van der Waals surface area contributed by atoms with Crippen LogP contribution in [0, 0.1) is 0 Å². The molecule has 1 unspecified atom stereocenters. The molecule has 1 atom stereocenters. The highest BCUT2D eigenvalue weighted by Crippen LogP contribution is 2.22. The van der Waals surface area contributed by atoms with Crippen LogP contribution in [0.3, 0.4) is 0 Å². The molecular formula is C9H17NO4. The van der Waals surface area contributed by atoms with Crippen LogP contribution in [0.15, 0.2) is 0 Å². The van der Waals surface area contributed by atoms with Gasteiger partial charge in [0, 0.05) is 6.54 Å². The lowest BCUT2D eigenvalue weighted by Gasteiger charge is -2.16. The number of nitrogens with one attached hydrogen (secondary N) is 1. The van der Waals surface area contributed by atoms with Gasteiger partial charge in [-0.25, -0.2) is 4.79 Å². The molecule has 5 heteroatoms. The predicted octanol–water partition coefficient (Wildman–Crippen LogP) is 0.884. The molecule has 1 rings (SSSR count). The lowest BCUT2D eigenvalue weighted by Crippen LogP contribution is -2.29. The van der Waals surface area contributed by atoms with E-state index in [4.69, 9.17) is 14.2 Å². The molecule has 0 aromatic carbocycles. The number of rotatable bonds is 3. The van der Waals surface area contributed by atoms with E-state index < -0.39 is 11.9 Å². The number of carbonyl (C=O) groups is 1. The van der Waals surface area contributed by atoms with E-state index in [0.29, 0.717) is 13.2 Å². The highest BCUT2D eigenvalue weighted by atomic mass is 16.7. The first kappa shape index (κ1) is 11.3. The van der Waals surface area contributed by atoms with Gasteiger partial charge in [-0.1, -0.05) is 0 Å². The Hall–Kier alpha value is -0.810. The Kier molecular flexibility index (Phi) is 3.71. The normalized spacial score (nSPS) is 24.6. The standard InChI is InChI=1S/C9H17NO4/c1-4-10-8(11)12-5-7-6-13-9(2,3)14-7/h7H,4-6H2,1-3H3,(H,10,11). The van der Waals surface area contributed by atoms with Crippen LogP contribution >= 0.6 is 0 Å². The van der Waals surface area contributed by atoms with Gasteiger partial charge in [-0.05, 0) is 20.8 Å². The number of hydrogen-bond donors (Lipinski definition) is 1. The maximum Gasteiger partial charge on any atom is 0.407 e. The van der Waals surface area contributed by atoms with Crippen LogP contribution in [0.5, 0.6) is 0 Å². The SMILES string of the molecule is CCNC(=O)OCC1COC(C)(C)O1. The summed E-state index contributed by atoms with van der Waals surface area (Å²) in [6, 6.07) is 0. The molecule has 0 spiro atoms. The Morgan fingerprint density at radius 3 is 2.86 bits per heavy atom. The first-order valence-electron chi connectivity index (χ1n) is 4.76. The fourth-order valence-corrected chi connectivity index (χ4v) is 1.21. The minimum Gasteiger partial charge on any atom is -0.447 e. The zero-order valence-electron chi connectivity index (χ0n) is 8.83. The maximum absolute atomic E-state index is 10.9. The number of amides is 1. The molecule has 5 nitrogen and oxygen atoms in total. The molecule has 1 saturated heterocycles. The van der Waals surface area contributed by atoms with Crippen molar-refractivity contribution in [1.29, 1.82) is 0 Å². The second-order valence-electron chi connectivity index (χ2n) is 3.58. The van der Waals surface area contributed by atoms with Crippen molar-refractivity contribution >= 4 is 6.09 Å². The quantitative estimate of drug-likeness (QED) is 0.740. The van der Waals surface area contributed by atoms with E-state index in [-0.39, 0.29) is 12.7 Å². The third-order valence-electron chi connectivity index (χ3n) is 1.79. The van der Waals surface area contributed by atoms with Crippen molar-refractivity contribution in [2.24, 2.45) is 0 Å². The first-order chi connectivity index (χ1) is 6.53. The summed E-state index contributed by atoms with van der Waals surface area (Å²) in [5.41, 5.74) is 0. The average molecular weight is 203 g/mol. The van der Waals surface area contributed by atoms with Gasteiger partial charge in [0.2, 0.25) is 0 Å². The topological polar surface area (TPSA) is 56.8 Å². The Morgan fingerprint density at radius 1 is 1.64 bits per heavy atom. The minimum absolute atomic E-state index is 0.160. The molecule has 1 heterocycles. The summed E-state index contributed by atoms with van der Waals surface area (Å²) < 4.78 is 15.7. The van der Waals surface area contributed by atoms with Gasteiger partial charge in [-0.15, -0.1) is 0 Å². The first-order valence-corrected chi connectivity index (χ1v) is 4.76. The monoisotopic (exact) mass is 203 g/mol. The van der Waals surface area contributed by atoms with Crippen LogP contribution in [0.25, 0.3) is 0 Å². The van der Waals surface area contributed by atoms with E-state index in [2.05, 4.69) is 5.32 Å². The van der Waals surface area contributed by atoms with E-state index >= 15 is 0 Å². The largest absolute Gasteiger partial charge is 0.447 e. The highest BCUT2D eigenvalue weighted by molar-refractivity contribution is 5.66. The molecule has 14 heavy (non-hydrogen) atoms. The van der Waals surface area contributed by atoms with Gasteiger partial charge in [0.25, 0.3) is 0 Å². The summed E-state index contributed by atoms with van der Waals surface area (Å²) in [4.78, 5) is 10.9. The minimum atomic E-state index is -0.560. The summed E-state index contributed by atoms with van der Waals surface area (Å²) in [7, 11) is 0. The molecule has 0 radical (unpaired) electrons. The van der Waals surface area contributed by atoms with Gasteiger partial charge in [-0.2, -0.15) is 0 Å². The number of carbonyl (C=O) groups excluding carboxylic acids is 1. The summed E-state index contributed by atoms with van der Waals surface area (Å²) in [5, 5.41) is 2.53. The maximum atomic E-state index is 10.9. The van der Waals surface area contributed by atoms with Crippen LogP contribution in [0.4, 0.5) is 4.79 Å². The lowest BCUT2D eigenvalue weighted by atomic mass is 10.4. The van der Waals surface area contributed by atoms with Crippen molar-refractivity contribution in [3.63, 3.8) is 0 Å². The fraction of sp³-hybridized carbons (Fsp3) is 0.889. The summed E-state index contributed by atoms with van der Waals surface area (Å²) in [5.74, 6) is -0.560. The van der Waals surface area contributed by atoms with Gasteiger partial charge in [0.15, 0.2) is 5.79 Å². The molecule has 1 amide bonds. The second-order valence-corrected chi connectivity index (χ2v) is 3.58. The van der Waals surface area contributed by atoms with Crippen molar-refractivity contribution in [3.8, 4) is 0 Å². The molecule has 1 fully saturated rings. The van der Waals surface area contributed by atoms with Crippen molar-refractivity contribution in [2.75, 3.05) is 19.8 Å². The predicted molar refractivity (Wildman–Crippen MR) is 49.9 cm³/mol. The van der Waals surface area contributed by atoms with E-state index in [9.17, 15) is 4.79 Å². The van der Waals surface area contributed by atoms with Gasteiger partial charge >= 0.3 is 6.09 Å². The summed E-state index contributed by atoms with van der Waals surface area (Å²) in [6.45, 7) is 6.76. The van der Waals surface area contributed by atoms with Crippen molar-refractivity contribution in [3.05, 3.63) is 0 Å². The third-order valence-corrected chi connectivity index (χ3v) is 1.79. The number of alkyl carbamates (subject to hydrolysis) is 1. The van der Waals surface area contributed by atoms with Crippen molar-refractivity contribution in [2.45, 2.75) is 32.7 Å². The fourth-order valence-electron chi connectivity index (χ4n) is 1.21. The Balaban J connectivity index is 2.17. The Labute approximate surface area is 83.7 Å².